The Morgan fingerprint density at radius 3 is 2.55 bits per heavy atom. The summed E-state index contributed by atoms with van der Waals surface area (Å²) in [7, 11) is 1.58. The van der Waals surface area contributed by atoms with E-state index >= 15 is 0 Å². The molecule has 0 aromatic heterocycles. The second-order valence-electron chi connectivity index (χ2n) is 5.21. The molecule has 0 radical (unpaired) electrons. The lowest BCUT2D eigenvalue weighted by molar-refractivity contribution is 0.248. The highest BCUT2D eigenvalue weighted by atomic mass is 35.5. The Hall–Kier alpha value is -2.20. The number of amides is 2. The third-order valence-corrected chi connectivity index (χ3v) is 3.82. The van der Waals surface area contributed by atoms with Gasteiger partial charge in [0.1, 0.15) is 5.75 Å². The van der Waals surface area contributed by atoms with E-state index in [2.05, 4.69) is 5.32 Å². The molecule has 4 nitrogen and oxygen atoms in total. The molecule has 0 spiro atoms. The van der Waals surface area contributed by atoms with Gasteiger partial charge in [-0.25, -0.2) is 4.79 Å². The summed E-state index contributed by atoms with van der Waals surface area (Å²) in [4.78, 5) is 14.2. The summed E-state index contributed by atoms with van der Waals surface area (Å²) in [5.74, 6) is 0.657. The van der Waals surface area contributed by atoms with Crippen LogP contribution in [0, 0.1) is 0 Å². The van der Waals surface area contributed by atoms with Crippen molar-refractivity contribution in [1.82, 2.24) is 5.32 Å². The zero-order chi connectivity index (χ0) is 15.5. The lowest BCUT2D eigenvalue weighted by Gasteiger charge is -2.24. The quantitative estimate of drug-likeness (QED) is 0.910. The predicted octanol–water partition coefficient (Wildman–Crippen LogP) is 4.36. The minimum Gasteiger partial charge on any atom is -0.497 e. The number of ether oxygens (including phenoxy) is 1. The number of benzene rings is 2. The van der Waals surface area contributed by atoms with E-state index < -0.39 is 0 Å². The first-order valence-electron chi connectivity index (χ1n) is 7.18. The highest BCUT2D eigenvalue weighted by molar-refractivity contribution is 6.34. The van der Waals surface area contributed by atoms with Crippen LogP contribution in [-0.4, -0.2) is 19.2 Å². The van der Waals surface area contributed by atoms with Gasteiger partial charge in [-0.3, -0.25) is 4.90 Å². The Morgan fingerprint density at radius 1 is 1.23 bits per heavy atom. The van der Waals surface area contributed by atoms with E-state index in [9.17, 15) is 4.79 Å². The molecule has 1 fully saturated rings. The van der Waals surface area contributed by atoms with Crippen LogP contribution in [-0.2, 0) is 0 Å². The first-order valence-corrected chi connectivity index (χ1v) is 7.56. The Morgan fingerprint density at radius 2 is 1.95 bits per heavy atom. The maximum atomic E-state index is 12.6. The summed E-state index contributed by atoms with van der Waals surface area (Å²) >= 11 is 6.35. The summed E-state index contributed by atoms with van der Waals surface area (Å²) in [5, 5.41) is 3.47. The van der Waals surface area contributed by atoms with Crippen molar-refractivity contribution >= 4 is 29.0 Å². The number of carbonyl (C=O) groups excluding carboxylic acids is 1. The molecule has 114 valence electrons. The van der Waals surface area contributed by atoms with Gasteiger partial charge < -0.3 is 10.1 Å². The van der Waals surface area contributed by atoms with Crippen LogP contribution in [0.3, 0.4) is 0 Å². The zero-order valence-corrected chi connectivity index (χ0v) is 13.0. The molecule has 1 aliphatic carbocycles. The van der Waals surface area contributed by atoms with E-state index in [1.807, 2.05) is 30.3 Å². The van der Waals surface area contributed by atoms with E-state index in [1.54, 1.807) is 30.2 Å². The Labute approximate surface area is 134 Å². The van der Waals surface area contributed by atoms with Crippen LogP contribution in [0.15, 0.2) is 48.5 Å². The van der Waals surface area contributed by atoms with Crippen LogP contribution in [0.25, 0.3) is 0 Å². The van der Waals surface area contributed by atoms with Crippen LogP contribution in [0.2, 0.25) is 5.02 Å². The van der Waals surface area contributed by atoms with Gasteiger partial charge in [-0.05, 0) is 37.1 Å². The molecule has 1 saturated carbocycles. The fraction of sp³-hybridized carbons (Fsp3) is 0.235. The molecule has 0 atom stereocenters. The zero-order valence-electron chi connectivity index (χ0n) is 12.3. The highest BCUT2D eigenvalue weighted by Crippen LogP contribution is 2.35. The number of para-hydroxylation sites is 1. The average molecular weight is 317 g/mol. The van der Waals surface area contributed by atoms with Crippen molar-refractivity contribution in [2.45, 2.75) is 18.9 Å². The van der Waals surface area contributed by atoms with Gasteiger partial charge in [-0.1, -0.05) is 29.8 Å². The first-order chi connectivity index (χ1) is 10.7. The molecular formula is C17H17ClN2O2. The van der Waals surface area contributed by atoms with Gasteiger partial charge in [-0.2, -0.15) is 0 Å². The van der Waals surface area contributed by atoms with Crippen LogP contribution in [0.1, 0.15) is 12.8 Å². The maximum Gasteiger partial charge on any atom is 0.326 e. The maximum absolute atomic E-state index is 12.6. The highest BCUT2D eigenvalue weighted by Gasteiger charge is 2.28. The molecule has 0 saturated heterocycles. The van der Waals surface area contributed by atoms with Crippen LogP contribution in [0.5, 0.6) is 5.75 Å². The van der Waals surface area contributed by atoms with E-state index in [1.165, 1.54) is 0 Å². The molecule has 1 N–H and O–H groups in total. The average Bonchev–Trinajstić information content (AvgIpc) is 3.34. The molecule has 5 heteroatoms. The minimum atomic E-state index is -0.166. The summed E-state index contributed by atoms with van der Waals surface area (Å²) < 4.78 is 5.17. The first kappa shape index (κ1) is 14.7. The number of hydrogen-bond acceptors (Lipinski definition) is 2. The lowest BCUT2D eigenvalue weighted by Crippen LogP contribution is -2.38. The number of hydrogen-bond donors (Lipinski definition) is 1. The molecule has 1 aliphatic rings. The van der Waals surface area contributed by atoms with E-state index in [4.69, 9.17) is 16.3 Å². The van der Waals surface area contributed by atoms with Gasteiger partial charge in [0.2, 0.25) is 0 Å². The van der Waals surface area contributed by atoms with Crippen molar-refractivity contribution in [3.63, 3.8) is 0 Å². The number of nitrogens with one attached hydrogen (secondary N) is 1. The van der Waals surface area contributed by atoms with Crippen molar-refractivity contribution in [3.05, 3.63) is 53.6 Å². The van der Waals surface area contributed by atoms with Crippen LogP contribution >= 0.6 is 11.6 Å². The second kappa shape index (κ2) is 6.28. The molecule has 0 unspecified atom stereocenters. The number of nitrogens with zero attached hydrogens (tertiary/aromatic N) is 1. The fourth-order valence-corrected chi connectivity index (χ4v) is 2.46. The van der Waals surface area contributed by atoms with Crippen molar-refractivity contribution < 1.29 is 9.53 Å². The summed E-state index contributed by atoms with van der Waals surface area (Å²) in [5.41, 5.74) is 1.40. The largest absolute Gasteiger partial charge is 0.497 e. The predicted molar refractivity (Wildman–Crippen MR) is 88.1 cm³/mol. The van der Waals surface area contributed by atoms with E-state index in [0.29, 0.717) is 16.5 Å². The van der Waals surface area contributed by atoms with Gasteiger partial charge in [0, 0.05) is 12.1 Å². The van der Waals surface area contributed by atoms with E-state index in [0.717, 1.165) is 18.5 Å². The number of urea groups is 1. The van der Waals surface area contributed by atoms with Crippen LogP contribution < -0.4 is 15.0 Å². The van der Waals surface area contributed by atoms with Crippen molar-refractivity contribution in [2.75, 3.05) is 12.0 Å². The standard InChI is InChI=1S/C17H17ClN2O2/c1-22-14-9-10-16(15(18)11-14)20(13-5-3-2-4-6-13)17(21)19-12-7-8-12/h2-6,9-12H,7-8H2,1H3,(H,19,21). The Bertz CT molecular complexity index is 672. The smallest absolute Gasteiger partial charge is 0.326 e. The number of halogens is 1. The third kappa shape index (κ3) is 3.17. The van der Waals surface area contributed by atoms with Gasteiger partial charge in [0.25, 0.3) is 0 Å². The summed E-state index contributed by atoms with van der Waals surface area (Å²) in [6.45, 7) is 0. The number of carbonyl (C=O) groups is 1. The molecule has 2 amide bonds. The molecule has 2 aromatic rings. The SMILES string of the molecule is COc1ccc(N(C(=O)NC2CC2)c2ccccc2)c(Cl)c1. The van der Waals surface area contributed by atoms with Gasteiger partial charge in [0.15, 0.2) is 0 Å². The molecule has 22 heavy (non-hydrogen) atoms. The lowest BCUT2D eigenvalue weighted by atomic mass is 10.2. The molecular weight excluding hydrogens is 300 g/mol. The molecule has 3 rings (SSSR count). The Balaban J connectivity index is 1.99. The van der Waals surface area contributed by atoms with Crippen LogP contribution in [0.4, 0.5) is 16.2 Å². The second-order valence-corrected chi connectivity index (χ2v) is 5.62. The van der Waals surface area contributed by atoms with Gasteiger partial charge in [-0.15, -0.1) is 0 Å². The summed E-state index contributed by atoms with van der Waals surface area (Å²) in [6, 6.07) is 14.9. The monoisotopic (exact) mass is 316 g/mol. The summed E-state index contributed by atoms with van der Waals surface area (Å²) in [6.07, 6.45) is 2.06. The van der Waals surface area contributed by atoms with Gasteiger partial charge >= 0.3 is 6.03 Å². The fourth-order valence-electron chi connectivity index (χ4n) is 2.21. The van der Waals surface area contributed by atoms with Crippen molar-refractivity contribution in [3.8, 4) is 5.75 Å². The minimum absolute atomic E-state index is 0.166. The van der Waals surface area contributed by atoms with Crippen molar-refractivity contribution in [2.24, 2.45) is 0 Å². The molecule has 0 heterocycles. The normalized spacial score (nSPS) is 13.5. The van der Waals surface area contributed by atoms with Crippen molar-refractivity contribution in [1.29, 1.82) is 0 Å². The van der Waals surface area contributed by atoms with E-state index in [-0.39, 0.29) is 12.1 Å². The third-order valence-electron chi connectivity index (χ3n) is 3.52. The number of methoxy groups -OCH3 is 1. The number of rotatable bonds is 4. The topological polar surface area (TPSA) is 41.6 Å². The number of anilines is 2. The molecule has 0 bridgehead atoms. The van der Waals surface area contributed by atoms with Gasteiger partial charge in [0.05, 0.1) is 23.5 Å². The Kier molecular flexibility index (Phi) is 4.20. The molecule has 0 aliphatic heterocycles. The molecule has 2 aromatic carbocycles.